The first-order valence-corrected chi connectivity index (χ1v) is 11.4. The van der Waals surface area contributed by atoms with Crippen molar-refractivity contribution in [2.75, 3.05) is 43.5 Å². The Balaban J connectivity index is 1.52. The highest BCUT2D eigenvalue weighted by molar-refractivity contribution is 5.91. The summed E-state index contributed by atoms with van der Waals surface area (Å²) in [5.74, 6) is 2.66. The van der Waals surface area contributed by atoms with Crippen molar-refractivity contribution in [3.8, 4) is 17.1 Å². The first-order chi connectivity index (χ1) is 16.0. The molecule has 1 saturated heterocycles. The Morgan fingerprint density at radius 3 is 2.30 bits per heavy atom. The summed E-state index contributed by atoms with van der Waals surface area (Å²) >= 11 is 0. The van der Waals surface area contributed by atoms with Crippen molar-refractivity contribution in [3.63, 3.8) is 0 Å². The van der Waals surface area contributed by atoms with E-state index >= 15 is 0 Å². The Morgan fingerprint density at radius 1 is 0.970 bits per heavy atom. The van der Waals surface area contributed by atoms with E-state index in [-0.39, 0.29) is 6.03 Å². The normalized spacial score (nSPS) is 13.8. The molecule has 4 rings (SSSR count). The Bertz CT molecular complexity index is 1110. The summed E-state index contributed by atoms with van der Waals surface area (Å²) in [6.45, 7) is 9.06. The van der Waals surface area contributed by atoms with Gasteiger partial charge >= 0.3 is 6.03 Å². The lowest BCUT2D eigenvalue weighted by Gasteiger charge is -2.37. The smallest absolute Gasteiger partial charge is 0.322 e. The number of carbonyl (C=O) groups excluding carboxylic acids is 1. The van der Waals surface area contributed by atoms with Crippen molar-refractivity contribution < 1.29 is 9.53 Å². The van der Waals surface area contributed by atoms with Crippen LogP contribution in [0.5, 0.6) is 5.75 Å². The number of aryl methyl sites for hydroxylation is 1. The fourth-order valence-corrected chi connectivity index (χ4v) is 4.26. The van der Waals surface area contributed by atoms with Crippen molar-refractivity contribution in [1.29, 1.82) is 0 Å². The third kappa shape index (κ3) is 4.92. The summed E-state index contributed by atoms with van der Waals surface area (Å²) in [4.78, 5) is 26.8. The van der Waals surface area contributed by atoms with E-state index in [1.54, 1.807) is 7.11 Å². The number of aromatic nitrogens is 2. The number of ether oxygens (including phenoxy) is 1. The number of nitrogens with one attached hydrogen (secondary N) is 1. The van der Waals surface area contributed by atoms with Gasteiger partial charge in [-0.05, 0) is 25.0 Å². The maximum absolute atomic E-state index is 12.9. The lowest BCUT2D eigenvalue weighted by Crippen LogP contribution is -2.50. The SMILES string of the molecule is COc1ccccc1NC(=O)N1CCN(c2nc(-c3ccccc3)nc(C)c2C(C)C)CC1. The highest BCUT2D eigenvalue weighted by Gasteiger charge is 2.26. The molecule has 33 heavy (non-hydrogen) atoms. The average Bonchev–Trinajstić information content (AvgIpc) is 2.84. The van der Waals surface area contributed by atoms with Crippen molar-refractivity contribution in [1.82, 2.24) is 14.9 Å². The quantitative estimate of drug-likeness (QED) is 0.602. The van der Waals surface area contributed by atoms with Crippen LogP contribution in [0.4, 0.5) is 16.3 Å². The molecule has 1 N–H and O–H groups in total. The van der Waals surface area contributed by atoms with Crippen LogP contribution in [0.15, 0.2) is 54.6 Å². The summed E-state index contributed by atoms with van der Waals surface area (Å²) in [5.41, 5.74) is 3.85. The largest absolute Gasteiger partial charge is 0.495 e. The van der Waals surface area contributed by atoms with E-state index in [1.165, 1.54) is 5.56 Å². The average molecular weight is 446 g/mol. The number of piperazine rings is 1. The molecule has 2 amide bonds. The molecule has 172 valence electrons. The number of hydrogen-bond acceptors (Lipinski definition) is 5. The molecule has 2 aromatic carbocycles. The molecule has 0 atom stereocenters. The highest BCUT2D eigenvalue weighted by atomic mass is 16.5. The van der Waals surface area contributed by atoms with Crippen molar-refractivity contribution >= 4 is 17.5 Å². The summed E-state index contributed by atoms with van der Waals surface area (Å²) < 4.78 is 5.35. The third-order valence-corrected chi connectivity index (χ3v) is 5.94. The number of anilines is 2. The number of nitrogens with zero attached hydrogens (tertiary/aromatic N) is 4. The zero-order valence-electron chi connectivity index (χ0n) is 19.7. The maximum Gasteiger partial charge on any atom is 0.322 e. The Morgan fingerprint density at radius 2 is 1.64 bits per heavy atom. The zero-order chi connectivity index (χ0) is 23.4. The van der Waals surface area contributed by atoms with Crippen molar-refractivity contribution in [2.24, 2.45) is 0 Å². The predicted molar refractivity (Wildman–Crippen MR) is 132 cm³/mol. The van der Waals surface area contributed by atoms with Crippen LogP contribution in [0.3, 0.4) is 0 Å². The second-order valence-electron chi connectivity index (χ2n) is 8.50. The van der Waals surface area contributed by atoms with Gasteiger partial charge in [0.1, 0.15) is 11.6 Å². The first kappa shape index (κ1) is 22.6. The number of hydrogen-bond donors (Lipinski definition) is 1. The third-order valence-electron chi connectivity index (χ3n) is 5.94. The van der Waals surface area contributed by atoms with Gasteiger partial charge in [-0.1, -0.05) is 56.3 Å². The number of benzene rings is 2. The minimum Gasteiger partial charge on any atom is -0.495 e. The van der Waals surface area contributed by atoms with Gasteiger partial charge in [-0.25, -0.2) is 14.8 Å². The van der Waals surface area contributed by atoms with E-state index in [0.29, 0.717) is 43.5 Å². The van der Waals surface area contributed by atoms with Gasteiger partial charge in [0.25, 0.3) is 0 Å². The molecule has 7 heteroatoms. The second kappa shape index (κ2) is 9.90. The van der Waals surface area contributed by atoms with Crippen LogP contribution in [0.25, 0.3) is 11.4 Å². The van der Waals surface area contributed by atoms with Crippen LogP contribution in [-0.2, 0) is 0 Å². The van der Waals surface area contributed by atoms with Gasteiger partial charge in [0, 0.05) is 43.0 Å². The Hall–Kier alpha value is -3.61. The van der Waals surface area contributed by atoms with Crippen LogP contribution < -0.4 is 15.0 Å². The van der Waals surface area contributed by atoms with Crippen LogP contribution >= 0.6 is 0 Å². The molecular formula is C26H31N5O2. The summed E-state index contributed by atoms with van der Waals surface area (Å²) in [7, 11) is 1.60. The highest BCUT2D eigenvalue weighted by Crippen LogP contribution is 2.31. The summed E-state index contributed by atoms with van der Waals surface area (Å²) in [5, 5.41) is 2.97. The topological polar surface area (TPSA) is 70.6 Å². The number of rotatable bonds is 5. The van der Waals surface area contributed by atoms with E-state index in [9.17, 15) is 4.79 Å². The fraction of sp³-hybridized carbons (Fsp3) is 0.346. The van der Waals surface area contributed by atoms with Crippen LogP contribution in [0, 0.1) is 6.92 Å². The van der Waals surface area contributed by atoms with E-state index < -0.39 is 0 Å². The predicted octanol–water partition coefficient (Wildman–Crippen LogP) is 4.94. The number of urea groups is 1. The molecule has 1 aliphatic rings. The van der Waals surface area contributed by atoms with Crippen LogP contribution in [0.1, 0.15) is 31.0 Å². The second-order valence-corrected chi connectivity index (χ2v) is 8.50. The monoisotopic (exact) mass is 445 g/mol. The lowest BCUT2D eigenvalue weighted by atomic mass is 10.0. The van der Waals surface area contributed by atoms with E-state index in [4.69, 9.17) is 14.7 Å². The first-order valence-electron chi connectivity index (χ1n) is 11.4. The van der Waals surface area contributed by atoms with Gasteiger partial charge in [-0.3, -0.25) is 0 Å². The molecule has 1 aromatic heterocycles. The van der Waals surface area contributed by atoms with E-state index in [1.807, 2.05) is 59.5 Å². The number of methoxy groups -OCH3 is 1. The van der Waals surface area contributed by atoms with E-state index in [2.05, 4.69) is 31.0 Å². The molecule has 3 aromatic rings. The molecule has 1 aliphatic heterocycles. The molecule has 0 unspecified atom stereocenters. The number of amides is 2. The minimum atomic E-state index is -0.118. The van der Waals surface area contributed by atoms with Gasteiger partial charge in [0.15, 0.2) is 5.82 Å². The zero-order valence-corrected chi connectivity index (χ0v) is 19.7. The molecular weight excluding hydrogens is 414 g/mol. The molecule has 0 bridgehead atoms. The van der Waals surface area contributed by atoms with Crippen LogP contribution in [-0.4, -0.2) is 54.2 Å². The fourth-order valence-electron chi connectivity index (χ4n) is 4.26. The Kier molecular flexibility index (Phi) is 6.77. The molecule has 7 nitrogen and oxygen atoms in total. The van der Waals surface area contributed by atoms with Crippen molar-refractivity contribution in [2.45, 2.75) is 26.7 Å². The van der Waals surface area contributed by atoms with Crippen LogP contribution in [0.2, 0.25) is 0 Å². The maximum atomic E-state index is 12.9. The van der Waals surface area contributed by atoms with Gasteiger partial charge < -0.3 is 19.9 Å². The molecule has 0 radical (unpaired) electrons. The summed E-state index contributed by atoms with van der Waals surface area (Å²) in [6.07, 6.45) is 0. The van der Waals surface area contributed by atoms with E-state index in [0.717, 1.165) is 22.9 Å². The summed E-state index contributed by atoms with van der Waals surface area (Å²) in [6, 6.07) is 17.4. The number of carbonyl (C=O) groups is 1. The van der Waals surface area contributed by atoms with Gasteiger partial charge in [-0.15, -0.1) is 0 Å². The molecule has 0 aliphatic carbocycles. The molecule has 0 spiro atoms. The molecule has 2 heterocycles. The van der Waals surface area contributed by atoms with Gasteiger partial charge in [0.2, 0.25) is 0 Å². The standard InChI is InChI=1S/C26H31N5O2/c1-18(2)23-19(3)27-24(20-10-6-5-7-11-20)29-25(23)30-14-16-31(17-15-30)26(32)28-21-12-8-9-13-22(21)33-4/h5-13,18H,14-17H2,1-4H3,(H,28,32). The van der Waals surface area contributed by atoms with Gasteiger partial charge in [-0.2, -0.15) is 0 Å². The number of para-hydroxylation sites is 2. The van der Waals surface area contributed by atoms with Crippen molar-refractivity contribution in [3.05, 3.63) is 65.9 Å². The molecule has 0 saturated carbocycles. The lowest BCUT2D eigenvalue weighted by molar-refractivity contribution is 0.208. The Labute approximate surface area is 195 Å². The minimum absolute atomic E-state index is 0.118. The van der Waals surface area contributed by atoms with Gasteiger partial charge in [0.05, 0.1) is 12.8 Å². The molecule has 1 fully saturated rings.